The van der Waals surface area contributed by atoms with E-state index in [1.54, 1.807) is 16.7 Å². The summed E-state index contributed by atoms with van der Waals surface area (Å²) in [6.45, 7) is 35.3. The second kappa shape index (κ2) is 10.9. The molecule has 0 aromatic carbocycles. The minimum absolute atomic E-state index is 0.0458. The Morgan fingerprint density at radius 3 is 1.82 bits per heavy atom. The summed E-state index contributed by atoms with van der Waals surface area (Å²) in [5, 5.41) is 0.341. The van der Waals surface area contributed by atoms with Crippen molar-refractivity contribution in [2.45, 2.75) is 156 Å². The zero-order valence-corrected chi connectivity index (χ0v) is 29.4. The third-order valence-electron chi connectivity index (χ3n) is 11.1. The van der Waals surface area contributed by atoms with E-state index in [0.717, 1.165) is 12.8 Å². The van der Waals surface area contributed by atoms with E-state index in [-0.39, 0.29) is 22.3 Å². The van der Waals surface area contributed by atoms with Crippen LogP contribution in [0.15, 0.2) is 46.6 Å². The maximum atomic E-state index is 7.04. The lowest BCUT2D eigenvalue weighted by Gasteiger charge is -2.46. The maximum Gasteiger partial charge on any atom is 0.192 e. The number of hydrogen-bond acceptors (Lipinski definition) is 2. The Bertz CT molecular complexity index is 952. The van der Waals surface area contributed by atoms with Crippen molar-refractivity contribution in [2.24, 2.45) is 11.3 Å². The first-order valence-corrected chi connectivity index (χ1v) is 21.1. The van der Waals surface area contributed by atoms with Crippen LogP contribution >= 0.6 is 0 Å². The molecule has 4 heteroatoms. The van der Waals surface area contributed by atoms with Crippen LogP contribution in [-0.2, 0) is 8.85 Å². The molecule has 0 amide bonds. The standard InChI is InChI=1S/C34H60O2Si2/c1-24(2)28-19-20-29-27(16-15-21-34(28,29)10)18-17-26-22-30(35-37(11,12)32(4,5)6)25(3)31(23-26)36-38(13,14)33(7,8)9/h17-18,29-31H,3,15-16,19-23H2,1-2,4-14H3/t29-,30+,31+,34+/m0/s1. The lowest BCUT2D eigenvalue weighted by molar-refractivity contribution is 0.132. The van der Waals surface area contributed by atoms with Crippen LogP contribution in [0.4, 0.5) is 0 Å². The molecule has 0 aromatic heterocycles. The summed E-state index contributed by atoms with van der Waals surface area (Å²) >= 11 is 0. The highest BCUT2D eigenvalue weighted by atomic mass is 28.4. The first-order chi connectivity index (χ1) is 17.2. The molecule has 0 aliphatic heterocycles. The Kier molecular flexibility index (Phi) is 9.17. The van der Waals surface area contributed by atoms with E-state index < -0.39 is 16.6 Å². The first-order valence-electron chi connectivity index (χ1n) is 15.3. The van der Waals surface area contributed by atoms with Crippen molar-refractivity contribution in [3.8, 4) is 0 Å². The quantitative estimate of drug-likeness (QED) is 0.248. The molecular formula is C34H60O2Si2. The molecule has 0 saturated heterocycles. The molecule has 0 N–H and O–H groups in total. The van der Waals surface area contributed by atoms with Crippen LogP contribution in [0.2, 0.25) is 36.3 Å². The molecule has 216 valence electrons. The van der Waals surface area contributed by atoms with Crippen LogP contribution in [0.5, 0.6) is 0 Å². The maximum absolute atomic E-state index is 7.04. The summed E-state index contributed by atoms with van der Waals surface area (Å²) in [7, 11) is -3.89. The normalized spacial score (nSPS) is 30.6. The van der Waals surface area contributed by atoms with Crippen LogP contribution in [0.25, 0.3) is 0 Å². The fraction of sp³-hybridized carbons (Fsp3) is 0.765. The predicted molar refractivity (Wildman–Crippen MR) is 172 cm³/mol. The van der Waals surface area contributed by atoms with E-state index in [1.165, 1.54) is 43.3 Å². The van der Waals surface area contributed by atoms with Gasteiger partial charge in [-0.1, -0.05) is 89.5 Å². The molecular weight excluding hydrogens is 497 g/mol. The highest BCUT2D eigenvalue weighted by Gasteiger charge is 2.47. The number of hydrogen-bond donors (Lipinski definition) is 0. The van der Waals surface area contributed by atoms with Gasteiger partial charge in [-0.15, -0.1) is 0 Å². The number of fused-ring (bicyclic) bond motifs is 1. The average Bonchev–Trinajstić information content (AvgIpc) is 3.11. The molecule has 3 rings (SSSR count). The van der Waals surface area contributed by atoms with Gasteiger partial charge in [-0.3, -0.25) is 0 Å². The SMILES string of the molecule is C=C1[C@H](O[Si](C)(C)C(C)(C)C)CC(=CC=C2CCC[C@]3(C)C(=C(C)C)CC[C@@H]23)C[C@H]1O[Si](C)(C)C(C)(C)C. The summed E-state index contributed by atoms with van der Waals surface area (Å²) in [5.74, 6) is 0.704. The van der Waals surface area contributed by atoms with Crippen molar-refractivity contribution in [1.29, 1.82) is 0 Å². The van der Waals surface area contributed by atoms with E-state index in [1.807, 2.05) is 0 Å². The number of rotatable bonds is 5. The van der Waals surface area contributed by atoms with Gasteiger partial charge < -0.3 is 8.85 Å². The summed E-state index contributed by atoms with van der Waals surface area (Å²) in [4.78, 5) is 0. The second-order valence-corrected chi connectivity index (χ2v) is 25.6. The smallest absolute Gasteiger partial charge is 0.192 e. The van der Waals surface area contributed by atoms with Crippen LogP contribution in [0.1, 0.15) is 107 Å². The Labute approximate surface area is 238 Å². The zero-order chi connectivity index (χ0) is 28.9. The van der Waals surface area contributed by atoms with Gasteiger partial charge >= 0.3 is 0 Å². The molecule has 3 fully saturated rings. The first kappa shape index (κ1) is 31.8. The lowest BCUT2D eigenvalue weighted by atomic mass is 9.65. The van der Waals surface area contributed by atoms with Crippen molar-refractivity contribution >= 4 is 16.6 Å². The molecule has 3 aliphatic carbocycles. The molecule has 3 saturated carbocycles. The van der Waals surface area contributed by atoms with Gasteiger partial charge in [0.05, 0.1) is 12.2 Å². The summed E-state index contributed by atoms with van der Waals surface area (Å²) < 4.78 is 14.1. The summed E-state index contributed by atoms with van der Waals surface area (Å²) in [6.07, 6.45) is 13.5. The molecule has 0 bridgehead atoms. The zero-order valence-electron chi connectivity index (χ0n) is 27.4. The van der Waals surface area contributed by atoms with Gasteiger partial charge in [-0.2, -0.15) is 0 Å². The minimum atomic E-state index is -1.94. The van der Waals surface area contributed by atoms with Crippen molar-refractivity contribution in [3.63, 3.8) is 0 Å². The Morgan fingerprint density at radius 1 is 0.868 bits per heavy atom. The fourth-order valence-electron chi connectivity index (χ4n) is 6.57. The lowest BCUT2D eigenvalue weighted by Crippen LogP contribution is -2.49. The summed E-state index contributed by atoms with van der Waals surface area (Å²) in [5.41, 5.74) is 7.97. The van der Waals surface area contributed by atoms with E-state index in [4.69, 9.17) is 8.85 Å². The molecule has 38 heavy (non-hydrogen) atoms. The topological polar surface area (TPSA) is 18.5 Å². The molecule has 0 heterocycles. The Balaban J connectivity index is 1.94. The predicted octanol–water partition coefficient (Wildman–Crippen LogP) is 10.9. The van der Waals surface area contributed by atoms with E-state index >= 15 is 0 Å². The molecule has 4 atom stereocenters. The summed E-state index contributed by atoms with van der Waals surface area (Å²) in [6, 6.07) is 0. The minimum Gasteiger partial charge on any atom is -0.410 e. The average molecular weight is 557 g/mol. The van der Waals surface area contributed by atoms with Crippen LogP contribution in [0, 0.1) is 11.3 Å². The number of allylic oxidation sites excluding steroid dienone is 5. The van der Waals surface area contributed by atoms with Gasteiger partial charge in [0.2, 0.25) is 0 Å². The van der Waals surface area contributed by atoms with Crippen molar-refractivity contribution in [2.75, 3.05) is 0 Å². The Hall–Kier alpha value is -0.686. The van der Waals surface area contributed by atoms with Crippen molar-refractivity contribution < 1.29 is 8.85 Å². The van der Waals surface area contributed by atoms with Crippen LogP contribution in [0.3, 0.4) is 0 Å². The molecule has 0 spiro atoms. The van der Waals surface area contributed by atoms with Gasteiger partial charge in [0.1, 0.15) is 0 Å². The van der Waals surface area contributed by atoms with E-state index in [2.05, 4.69) is 107 Å². The highest BCUT2D eigenvalue weighted by molar-refractivity contribution is 6.74. The largest absolute Gasteiger partial charge is 0.410 e. The fourth-order valence-corrected chi connectivity index (χ4v) is 9.17. The van der Waals surface area contributed by atoms with Gasteiger partial charge in [-0.25, -0.2) is 0 Å². The molecule has 0 radical (unpaired) electrons. The van der Waals surface area contributed by atoms with Gasteiger partial charge in [-0.05, 0) is 112 Å². The van der Waals surface area contributed by atoms with Gasteiger partial charge in [0, 0.05) is 0 Å². The molecule has 0 unspecified atom stereocenters. The second-order valence-electron chi connectivity index (χ2n) is 16.1. The molecule has 3 aliphatic rings. The van der Waals surface area contributed by atoms with Gasteiger partial charge in [0.15, 0.2) is 16.6 Å². The van der Waals surface area contributed by atoms with Crippen LogP contribution in [-0.4, -0.2) is 28.8 Å². The third-order valence-corrected chi connectivity index (χ3v) is 20.1. The van der Waals surface area contributed by atoms with E-state index in [0.29, 0.717) is 11.3 Å². The molecule has 2 nitrogen and oxygen atoms in total. The third kappa shape index (κ3) is 6.45. The Morgan fingerprint density at radius 2 is 1.37 bits per heavy atom. The monoisotopic (exact) mass is 556 g/mol. The van der Waals surface area contributed by atoms with E-state index in [9.17, 15) is 0 Å². The van der Waals surface area contributed by atoms with Crippen molar-refractivity contribution in [3.05, 3.63) is 46.6 Å². The van der Waals surface area contributed by atoms with Crippen LogP contribution < -0.4 is 0 Å². The van der Waals surface area contributed by atoms with Gasteiger partial charge in [0.25, 0.3) is 0 Å². The highest BCUT2D eigenvalue weighted by Crippen LogP contribution is 2.58. The molecule has 0 aromatic rings. The van der Waals surface area contributed by atoms with Crippen molar-refractivity contribution in [1.82, 2.24) is 0 Å².